The van der Waals surface area contributed by atoms with Crippen molar-refractivity contribution < 1.29 is 0 Å². The molecule has 0 spiro atoms. The minimum absolute atomic E-state index is 0.126. The van der Waals surface area contributed by atoms with Crippen molar-refractivity contribution in [2.24, 2.45) is 0 Å². The summed E-state index contributed by atoms with van der Waals surface area (Å²) in [6.07, 6.45) is 3.76. The summed E-state index contributed by atoms with van der Waals surface area (Å²) in [5.74, 6) is 0. The van der Waals surface area contributed by atoms with Gasteiger partial charge in [-0.2, -0.15) is 5.26 Å². The molecule has 0 fully saturated rings. The van der Waals surface area contributed by atoms with Crippen molar-refractivity contribution in [1.82, 2.24) is 18.9 Å². The molecule has 5 aromatic rings. The van der Waals surface area contributed by atoms with Crippen LogP contribution < -0.4 is 5.56 Å². The number of fused-ring (bicyclic) bond motifs is 5. The lowest BCUT2D eigenvalue weighted by atomic mass is 10.1. The molecule has 0 aliphatic rings. The minimum atomic E-state index is -0.126. The molecule has 128 valence electrons. The Morgan fingerprint density at radius 3 is 2.59 bits per heavy atom. The maximum Gasteiger partial charge on any atom is 0.264 e. The van der Waals surface area contributed by atoms with Crippen molar-refractivity contribution >= 4 is 27.6 Å². The molecule has 0 atom stereocenters. The first kappa shape index (κ1) is 15.3. The highest BCUT2D eigenvalue weighted by atomic mass is 16.1. The normalized spacial score (nSPS) is 11.2. The zero-order valence-electron chi connectivity index (χ0n) is 14.2. The molecular weight excluding hydrogens is 338 g/mol. The molecular formula is C21H13N5O. The van der Waals surface area contributed by atoms with Crippen LogP contribution in [-0.2, 0) is 6.42 Å². The molecule has 6 heteroatoms. The molecule has 0 radical (unpaired) electrons. The third-order valence-corrected chi connectivity index (χ3v) is 4.66. The number of nitriles is 1. The lowest BCUT2D eigenvalue weighted by Crippen LogP contribution is -2.20. The quantitative estimate of drug-likeness (QED) is 0.489. The minimum Gasteiger partial charge on any atom is -0.285 e. The summed E-state index contributed by atoms with van der Waals surface area (Å²) in [4.78, 5) is 22.4. The summed E-state index contributed by atoms with van der Waals surface area (Å²) in [7, 11) is 0. The predicted molar refractivity (Wildman–Crippen MR) is 103 cm³/mol. The lowest BCUT2D eigenvalue weighted by Gasteiger charge is -2.11. The second-order valence-electron chi connectivity index (χ2n) is 6.24. The highest BCUT2D eigenvalue weighted by Gasteiger charge is 2.17. The number of imidazole rings is 1. The van der Waals surface area contributed by atoms with Crippen molar-refractivity contribution in [2.45, 2.75) is 6.42 Å². The van der Waals surface area contributed by atoms with Gasteiger partial charge < -0.3 is 0 Å². The number of nitrogens with zero attached hydrogens (tertiary/aromatic N) is 5. The van der Waals surface area contributed by atoms with Crippen molar-refractivity contribution in [3.63, 3.8) is 0 Å². The van der Waals surface area contributed by atoms with Gasteiger partial charge in [0.1, 0.15) is 11.2 Å². The first-order valence-electron chi connectivity index (χ1n) is 8.51. The van der Waals surface area contributed by atoms with Gasteiger partial charge >= 0.3 is 0 Å². The van der Waals surface area contributed by atoms with E-state index < -0.39 is 0 Å². The summed E-state index contributed by atoms with van der Waals surface area (Å²) in [6.45, 7) is 0. The Bertz CT molecular complexity index is 1420. The van der Waals surface area contributed by atoms with Crippen molar-refractivity contribution in [3.8, 4) is 11.8 Å². The summed E-state index contributed by atoms with van der Waals surface area (Å²) in [5.41, 5.74) is 3.42. The van der Waals surface area contributed by atoms with Crippen molar-refractivity contribution in [1.29, 1.82) is 5.26 Å². The molecule has 0 bridgehead atoms. The maximum absolute atomic E-state index is 13.3. The number of pyridine rings is 3. The smallest absolute Gasteiger partial charge is 0.264 e. The van der Waals surface area contributed by atoms with E-state index in [-0.39, 0.29) is 12.0 Å². The first-order valence-corrected chi connectivity index (χ1v) is 8.51. The molecule has 0 N–H and O–H groups in total. The Hall–Kier alpha value is -3.98. The molecule has 0 saturated heterocycles. The van der Waals surface area contributed by atoms with E-state index in [1.165, 1.54) is 0 Å². The van der Waals surface area contributed by atoms with E-state index in [1.807, 2.05) is 59.1 Å². The van der Waals surface area contributed by atoms with E-state index in [1.54, 1.807) is 16.8 Å². The molecule has 0 aliphatic heterocycles. The first-order chi connectivity index (χ1) is 13.3. The van der Waals surface area contributed by atoms with Crippen LogP contribution in [0.25, 0.3) is 33.3 Å². The van der Waals surface area contributed by atoms with Gasteiger partial charge in [0.25, 0.3) is 5.56 Å². The van der Waals surface area contributed by atoms with E-state index >= 15 is 0 Å². The fourth-order valence-corrected chi connectivity index (χ4v) is 3.44. The number of aromatic nitrogens is 4. The van der Waals surface area contributed by atoms with E-state index in [0.29, 0.717) is 22.4 Å². The third kappa shape index (κ3) is 2.22. The second kappa shape index (κ2) is 5.78. The van der Waals surface area contributed by atoms with E-state index in [0.717, 1.165) is 16.6 Å². The molecule has 6 nitrogen and oxygen atoms in total. The number of hydrogen-bond acceptors (Lipinski definition) is 4. The molecule has 0 unspecified atom stereocenters. The summed E-state index contributed by atoms with van der Waals surface area (Å²) in [6, 6.07) is 18.9. The van der Waals surface area contributed by atoms with Crippen LogP contribution in [-0.4, -0.2) is 18.9 Å². The highest BCUT2D eigenvalue weighted by Crippen LogP contribution is 2.25. The molecule has 5 rings (SSSR count). The molecule has 27 heavy (non-hydrogen) atoms. The SMILES string of the molecule is N#CCc1ccc(-n2c(=O)c3ccccc3c3nc4ccccn4c32)cn1. The van der Waals surface area contributed by atoms with Gasteiger partial charge in [-0.1, -0.05) is 24.3 Å². The predicted octanol–water partition coefficient (Wildman–Crippen LogP) is 3.25. The Morgan fingerprint density at radius 1 is 1.00 bits per heavy atom. The number of hydrogen-bond donors (Lipinski definition) is 0. The van der Waals surface area contributed by atoms with Crippen LogP contribution in [0.2, 0.25) is 0 Å². The van der Waals surface area contributed by atoms with Crippen LogP contribution >= 0.6 is 0 Å². The maximum atomic E-state index is 13.3. The van der Waals surface area contributed by atoms with Gasteiger partial charge in [-0.15, -0.1) is 0 Å². The molecule has 0 amide bonds. The average molecular weight is 351 g/mol. The Morgan fingerprint density at radius 2 is 1.81 bits per heavy atom. The highest BCUT2D eigenvalue weighted by molar-refractivity contribution is 6.04. The molecule has 4 heterocycles. The second-order valence-corrected chi connectivity index (χ2v) is 6.24. The Labute approximate surface area is 153 Å². The summed E-state index contributed by atoms with van der Waals surface area (Å²) < 4.78 is 3.55. The van der Waals surface area contributed by atoms with E-state index in [4.69, 9.17) is 10.2 Å². The van der Waals surface area contributed by atoms with Crippen LogP contribution in [0, 0.1) is 11.3 Å². The van der Waals surface area contributed by atoms with Crippen LogP contribution in [0.5, 0.6) is 0 Å². The topological polar surface area (TPSA) is 76.0 Å². The van der Waals surface area contributed by atoms with Gasteiger partial charge in [0.15, 0.2) is 5.65 Å². The summed E-state index contributed by atoms with van der Waals surface area (Å²) >= 11 is 0. The number of benzene rings is 1. The number of rotatable bonds is 2. The zero-order chi connectivity index (χ0) is 18.4. The van der Waals surface area contributed by atoms with Gasteiger partial charge in [-0.25, -0.2) is 4.98 Å². The van der Waals surface area contributed by atoms with Crippen LogP contribution in [0.4, 0.5) is 0 Å². The molecule has 4 aromatic heterocycles. The van der Waals surface area contributed by atoms with Crippen LogP contribution in [0.1, 0.15) is 5.69 Å². The van der Waals surface area contributed by atoms with Gasteiger partial charge in [0.2, 0.25) is 0 Å². The van der Waals surface area contributed by atoms with Crippen molar-refractivity contribution in [2.75, 3.05) is 0 Å². The molecule has 1 aromatic carbocycles. The Kier molecular flexibility index (Phi) is 3.27. The largest absolute Gasteiger partial charge is 0.285 e. The monoisotopic (exact) mass is 351 g/mol. The zero-order valence-corrected chi connectivity index (χ0v) is 14.2. The molecule has 0 saturated carbocycles. The standard InChI is InChI=1S/C21H13N5O/c22-11-10-14-8-9-15(13-23-14)26-20-19(24-18-7-3-4-12-25(18)20)16-5-1-2-6-17(16)21(26)27/h1-9,12-13H,10H2. The van der Waals surface area contributed by atoms with Gasteiger partial charge in [-0.05, 0) is 30.3 Å². The average Bonchev–Trinajstić information content (AvgIpc) is 3.09. The van der Waals surface area contributed by atoms with E-state index in [2.05, 4.69) is 11.1 Å². The fourth-order valence-electron chi connectivity index (χ4n) is 3.44. The van der Waals surface area contributed by atoms with Gasteiger partial charge in [-0.3, -0.25) is 18.7 Å². The van der Waals surface area contributed by atoms with Crippen LogP contribution in [0.3, 0.4) is 0 Å². The van der Waals surface area contributed by atoms with Crippen LogP contribution in [0.15, 0.2) is 71.8 Å². The van der Waals surface area contributed by atoms with E-state index in [9.17, 15) is 4.79 Å². The molecule has 0 aliphatic carbocycles. The lowest BCUT2D eigenvalue weighted by molar-refractivity contribution is 0.988. The Balaban J connectivity index is 1.96. The third-order valence-electron chi connectivity index (χ3n) is 4.66. The van der Waals surface area contributed by atoms with Gasteiger partial charge in [0.05, 0.1) is 30.1 Å². The fraction of sp³-hybridized carbons (Fsp3) is 0.0476. The summed E-state index contributed by atoms with van der Waals surface area (Å²) in [5, 5.41) is 10.3. The van der Waals surface area contributed by atoms with Crippen molar-refractivity contribution in [3.05, 3.63) is 83.0 Å². The van der Waals surface area contributed by atoms with Gasteiger partial charge in [0, 0.05) is 17.0 Å².